The van der Waals surface area contributed by atoms with E-state index >= 15 is 0 Å². The molecule has 0 aliphatic heterocycles. The number of benzene rings is 2. The number of fused-ring (bicyclic) bond motifs is 1. The van der Waals surface area contributed by atoms with Crippen molar-refractivity contribution in [3.05, 3.63) is 93.1 Å². The molecule has 4 aromatic rings. The predicted molar refractivity (Wildman–Crippen MR) is 108 cm³/mol. The molecule has 134 valence electrons. The van der Waals surface area contributed by atoms with Gasteiger partial charge in [-0.2, -0.15) is 0 Å². The summed E-state index contributed by atoms with van der Waals surface area (Å²) in [5.74, 6) is 0.101. The Morgan fingerprint density at radius 1 is 0.963 bits per heavy atom. The minimum absolute atomic E-state index is 0.131. The number of nitrogens with zero attached hydrogens (tertiary/aromatic N) is 1. The van der Waals surface area contributed by atoms with Crippen LogP contribution < -0.4 is 10.3 Å². The average Bonchev–Trinajstić information content (AvgIpc) is 2.99. The van der Waals surface area contributed by atoms with E-state index in [2.05, 4.69) is 0 Å². The summed E-state index contributed by atoms with van der Waals surface area (Å²) in [5.41, 5.74) is 2.48. The summed E-state index contributed by atoms with van der Waals surface area (Å²) in [4.78, 5) is 26.5. The number of thiophene rings is 1. The van der Waals surface area contributed by atoms with Gasteiger partial charge in [0.05, 0.1) is 5.69 Å². The molecule has 0 saturated carbocycles. The largest absolute Gasteiger partial charge is 0.422 e. The molecule has 5 heteroatoms. The molecule has 0 amide bonds. The van der Waals surface area contributed by atoms with Gasteiger partial charge in [-0.1, -0.05) is 30.3 Å². The predicted octanol–water partition coefficient (Wildman–Crippen LogP) is 4.89. The van der Waals surface area contributed by atoms with Crippen molar-refractivity contribution >= 4 is 27.5 Å². The third kappa shape index (κ3) is 3.17. The van der Waals surface area contributed by atoms with Crippen molar-refractivity contribution in [2.75, 3.05) is 0 Å². The van der Waals surface area contributed by atoms with Crippen LogP contribution in [0.15, 0.2) is 71.5 Å². The number of pyridine rings is 1. The van der Waals surface area contributed by atoms with Gasteiger partial charge in [-0.25, -0.2) is 4.79 Å². The molecule has 27 heavy (non-hydrogen) atoms. The van der Waals surface area contributed by atoms with Crippen LogP contribution in [0.25, 0.3) is 15.9 Å². The highest BCUT2D eigenvalue weighted by molar-refractivity contribution is 7.20. The van der Waals surface area contributed by atoms with Gasteiger partial charge in [-0.15, -0.1) is 11.3 Å². The Hall–Kier alpha value is -3.18. The van der Waals surface area contributed by atoms with Crippen LogP contribution in [0.4, 0.5) is 0 Å². The van der Waals surface area contributed by atoms with Gasteiger partial charge >= 0.3 is 5.97 Å². The first-order valence-corrected chi connectivity index (χ1v) is 9.35. The minimum Gasteiger partial charge on any atom is -0.422 e. The van der Waals surface area contributed by atoms with Crippen LogP contribution in [0.5, 0.6) is 5.75 Å². The zero-order valence-electron chi connectivity index (χ0n) is 14.9. The highest BCUT2D eigenvalue weighted by Crippen LogP contribution is 2.32. The van der Waals surface area contributed by atoms with Gasteiger partial charge < -0.3 is 4.74 Å². The van der Waals surface area contributed by atoms with Crippen molar-refractivity contribution in [1.82, 2.24) is 4.57 Å². The van der Waals surface area contributed by atoms with Gasteiger partial charge in [0, 0.05) is 11.5 Å². The number of ether oxygens (including phenoxy) is 1. The minimum atomic E-state index is -0.411. The van der Waals surface area contributed by atoms with E-state index in [1.807, 2.05) is 62.4 Å². The molecule has 2 heterocycles. The average molecular weight is 375 g/mol. The van der Waals surface area contributed by atoms with Gasteiger partial charge in [-0.3, -0.25) is 9.36 Å². The number of aromatic nitrogens is 1. The first-order chi connectivity index (χ1) is 13.0. The quantitative estimate of drug-likeness (QED) is 0.378. The molecule has 4 rings (SSSR count). The maximum Gasteiger partial charge on any atom is 0.354 e. The van der Waals surface area contributed by atoms with Crippen LogP contribution in [0.3, 0.4) is 0 Å². The molecule has 0 fully saturated rings. The Bertz CT molecular complexity index is 1210. The van der Waals surface area contributed by atoms with Gasteiger partial charge in [-0.05, 0) is 55.3 Å². The second kappa shape index (κ2) is 6.85. The number of para-hydroxylation sites is 1. The van der Waals surface area contributed by atoms with Crippen LogP contribution in [0, 0.1) is 13.8 Å². The lowest BCUT2D eigenvalue weighted by atomic mass is 10.2. The van der Waals surface area contributed by atoms with E-state index in [0.717, 1.165) is 27.0 Å². The second-order valence-electron chi connectivity index (χ2n) is 6.32. The lowest BCUT2D eigenvalue weighted by molar-refractivity contribution is 0.0739. The first kappa shape index (κ1) is 17.2. The van der Waals surface area contributed by atoms with E-state index in [1.54, 1.807) is 16.7 Å². The molecule has 0 aliphatic carbocycles. The molecule has 0 atom stereocenters. The molecule has 0 unspecified atom stereocenters. The number of rotatable bonds is 3. The van der Waals surface area contributed by atoms with Gasteiger partial charge in [0.1, 0.15) is 15.5 Å². The van der Waals surface area contributed by atoms with Crippen molar-refractivity contribution in [3.8, 4) is 11.4 Å². The Labute approximate surface area is 160 Å². The second-order valence-corrected chi connectivity index (χ2v) is 7.32. The Balaban J connectivity index is 1.82. The number of aryl methyl sites for hydroxylation is 2. The molecule has 0 radical (unpaired) electrons. The van der Waals surface area contributed by atoms with E-state index in [-0.39, 0.29) is 5.56 Å². The topological polar surface area (TPSA) is 48.3 Å². The number of esters is 1. The van der Waals surface area contributed by atoms with Crippen LogP contribution in [0.1, 0.15) is 20.8 Å². The fourth-order valence-corrected chi connectivity index (χ4v) is 4.25. The molecule has 2 aromatic carbocycles. The standard InChI is InChI=1S/C22H17NO3S/c1-14-7-6-10-17(13-14)26-22(25)20-15(2)18-11-12-19(24)23(21(18)27-20)16-8-4-3-5-9-16/h3-13H,1-2H3. The van der Waals surface area contributed by atoms with Crippen molar-refractivity contribution in [3.63, 3.8) is 0 Å². The number of hydrogen-bond acceptors (Lipinski definition) is 4. The van der Waals surface area contributed by atoms with Crippen LogP contribution in [-0.2, 0) is 0 Å². The summed E-state index contributed by atoms with van der Waals surface area (Å²) in [6, 6.07) is 20.1. The number of carbonyl (C=O) groups is 1. The molecular formula is C22H17NO3S. The molecule has 2 aromatic heterocycles. The van der Waals surface area contributed by atoms with Gasteiger partial charge in [0.25, 0.3) is 5.56 Å². The maximum absolute atomic E-state index is 12.7. The van der Waals surface area contributed by atoms with E-state index in [9.17, 15) is 9.59 Å². The highest BCUT2D eigenvalue weighted by atomic mass is 32.1. The maximum atomic E-state index is 12.7. The van der Waals surface area contributed by atoms with Crippen molar-refractivity contribution < 1.29 is 9.53 Å². The lowest BCUT2D eigenvalue weighted by Crippen LogP contribution is -2.16. The third-order valence-electron chi connectivity index (χ3n) is 4.39. The molecular weight excluding hydrogens is 358 g/mol. The normalized spacial score (nSPS) is 10.9. The zero-order chi connectivity index (χ0) is 19.0. The smallest absolute Gasteiger partial charge is 0.354 e. The SMILES string of the molecule is Cc1cccc(OC(=O)c2sc3c(ccc(=O)n3-c3ccccc3)c2C)c1. The van der Waals surface area contributed by atoms with Crippen molar-refractivity contribution in [2.24, 2.45) is 0 Å². The lowest BCUT2D eigenvalue weighted by Gasteiger charge is -2.06. The summed E-state index contributed by atoms with van der Waals surface area (Å²) in [7, 11) is 0. The highest BCUT2D eigenvalue weighted by Gasteiger charge is 2.20. The summed E-state index contributed by atoms with van der Waals surface area (Å²) in [6.45, 7) is 3.83. The Morgan fingerprint density at radius 3 is 2.48 bits per heavy atom. The van der Waals surface area contributed by atoms with E-state index in [1.165, 1.54) is 17.4 Å². The third-order valence-corrected chi connectivity index (χ3v) is 5.66. The van der Waals surface area contributed by atoms with Gasteiger partial charge in [0.15, 0.2) is 0 Å². The Kier molecular flexibility index (Phi) is 4.38. The van der Waals surface area contributed by atoms with Crippen molar-refractivity contribution in [2.45, 2.75) is 13.8 Å². The first-order valence-electron chi connectivity index (χ1n) is 8.54. The van der Waals surface area contributed by atoms with E-state index < -0.39 is 5.97 Å². The molecule has 0 saturated heterocycles. The summed E-state index contributed by atoms with van der Waals surface area (Å²) >= 11 is 1.28. The van der Waals surface area contributed by atoms with E-state index in [4.69, 9.17) is 4.74 Å². The molecule has 0 aliphatic rings. The fourth-order valence-electron chi connectivity index (χ4n) is 3.05. The summed E-state index contributed by atoms with van der Waals surface area (Å²) in [6.07, 6.45) is 0. The molecule has 0 bridgehead atoms. The monoisotopic (exact) mass is 375 g/mol. The van der Waals surface area contributed by atoms with Crippen LogP contribution in [-0.4, -0.2) is 10.5 Å². The number of carbonyl (C=O) groups excluding carboxylic acids is 1. The van der Waals surface area contributed by atoms with Gasteiger partial charge in [0.2, 0.25) is 0 Å². The van der Waals surface area contributed by atoms with E-state index in [0.29, 0.717) is 10.6 Å². The number of hydrogen-bond donors (Lipinski definition) is 0. The summed E-state index contributed by atoms with van der Waals surface area (Å²) in [5, 5.41) is 0.875. The Morgan fingerprint density at radius 2 is 1.74 bits per heavy atom. The van der Waals surface area contributed by atoms with Crippen LogP contribution in [0.2, 0.25) is 0 Å². The fraction of sp³-hybridized carbons (Fsp3) is 0.0909. The molecule has 4 nitrogen and oxygen atoms in total. The zero-order valence-corrected chi connectivity index (χ0v) is 15.7. The molecule has 0 N–H and O–H groups in total. The molecule has 0 spiro atoms. The van der Waals surface area contributed by atoms with Crippen molar-refractivity contribution in [1.29, 1.82) is 0 Å². The summed E-state index contributed by atoms with van der Waals surface area (Å²) < 4.78 is 7.19. The van der Waals surface area contributed by atoms with Crippen LogP contribution >= 0.6 is 11.3 Å².